The lowest BCUT2D eigenvalue weighted by Gasteiger charge is -2.21. The first-order valence-electron chi connectivity index (χ1n) is 4.47. The Balaban J connectivity index is 2.13. The smallest absolute Gasteiger partial charge is 0.368 e. The fourth-order valence-electron chi connectivity index (χ4n) is 1.34. The normalized spacial score (nSPS) is 16.7. The summed E-state index contributed by atoms with van der Waals surface area (Å²) in [4.78, 5) is 4.83. The van der Waals surface area contributed by atoms with Crippen LogP contribution in [0.15, 0.2) is 0 Å². The van der Waals surface area contributed by atoms with Crippen LogP contribution in [0.3, 0.4) is 0 Å². The molecule has 0 aliphatic heterocycles. The van der Waals surface area contributed by atoms with E-state index in [0.29, 0.717) is 0 Å². The van der Waals surface area contributed by atoms with Gasteiger partial charge in [0.1, 0.15) is 6.54 Å². The van der Waals surface area contributed by atoms with E-state index in [-0.39, 0.29) is 17.9 Å². The van der Waals surface area contributed by atoms with Crippen molar-refractivity contribution < 1.29 is 13.2 Å². The number of nitrogen functional groups attached to an aromatic ring is 1. The number of aromatic nitrogens is 3. The van der Waals surface area contributed by atoms with E-state index in [1.54, 1.807) is 0 Å². The van der Waals surface area contributed by atoms with Gasteiger partial charge in [0.15, 0.2) is 0 Å². The molecule has 0 spiro atoms. The van der Waals surface area contributed by atoms with Crippen LogP contribution in [-0.2, 0) is 0 Å². The quantitative estimate of drug-likeness (QED) is 0.796. The molecular formula is C7H10F3N5. The molecule has 0 radical (unpaired) electrons. The third-order valence-electron chi connectivity index (χ3n) is 2.09. The van der Waals surface area contributed by atoms with E-state index in [2.05, 4.69) is 15.2 Å². The predicted octanol–water partition coefficient (Wildman–Crippen LogP) is 0.918. The van der Waals surface area contributed by atoms with E-state index in [1.807, 2.05) is 0 Å². The lowest BCUT2D eigenvalue weighted by Crippen LogP contribution is -2.36. The first-order chi connectivity index (χ1) is 6.96. The topological polar surface area (TPSA) is 70.8 Å². The summed E-state index contributed by atoms with van der Waals surface area (Å²) in [7, 11) is 0. The molecule has 15 heavy (non-hydrogen) atoms. The van der Waals surface area contributed by atoms with Crippen LogP contribution >= 0.6 is 0 Å². The maximum absolute atomic E-state index is 12.2. The van der Waals surface area contributed by atoms with Crippen molar-refractivity contribution in [3.63, 3.8) is 0 Å². The molecule has 3 N–H and O–H groups in total. The number of anilines is 2. The Bertz CT molecular complexity index is 343. The van der Waals surface area contributed by atoms with Gasteiger partial charge in [-0.15, -0.1) is 5.10 Å². The van der Waals surface area contributed by atoms with Crippen molar-refractivity contribution in [1.29, 1.82) is 0 Å². The second kappa shape index (κ2) is 3.28. The van der Waals surface area contributed by atoms with Crippen LogP contribution < -0.4 is 10.6 Å². The van der Waals surface area contributed by atoms with Gasteiger partial charge in [0.05, 0.1) is 0 Å². The Labute approximate surface area is 83.5 Å². The molecule has 0 atom stereocenters. The number of rotatable bonds is 3. The molecule has 1 aliphatic carbocycles. The number of nitrogens with zero attached hydrogens (tertiary/aromatic N) is 3. The SMILES string of the molecule is Nc1nc(N(CC(F)(F)F)C2CC2)n[nH]1. The van der Waals surface area contributed by atoms with Crippen LogP contribution in [0.4, 0.5) is 25.1 Å². The summed E-state index contributed by atoms with van der Waals surface area (Å²) in [5.74, 6) is 0.0464. The molecule has 0 bridgehead atoms. The Morgan fingerprint density at radius 1 is 1.47 bits per heavy atom. The highest BCUT2D eigenvalue weighted by Crippen LogP contribution is 2.32. The van der Waals surface area contributed by atoms with Crippen molar-refractivity contribution in [2.24, 2.45) is 0 Å². The third kappa shape index (κ3) is 2.51. The minimum absolute atomic E-state index is 0.0207. The van der Waals surface area contributed by atoms with Gasteiger partial charge in [0.2, 0.25) is 11.9 Å². The van der Waals surface area contributed by atoms with Crippen LogP contribution in [0, 0.1) is 0 Å². The Kier molecular flexibility index (Phi) is 2.20. The Hall–Kier alpha value is -1.47. The molecule has 1 saturated carbocycles. The number of nitrogens with one attached hydrogen (secondary N) is 1. The fourth-order valence-corrected chi connectivity index (χ4v) is 1.34. The van der Waals surface area contributed by atoms with Gasteiger partial charge in [-0.05, 0) is 12.8 Å². The highest BCUT2D eigenvalue weighted by molar-refractivity contribution is 5.37. The van der Waals surface area contributed by atoms with E-state index < -0.39 is 12.7 Å². The molecule has 2 rings (SSSR count). The number of H-pyrrole nitrogens is 1. The highest BCUT2D eigenvalue weighted by atomic mass is 19.4. The monoisotopic (exact) mass is 221 g/mol. The summed E-state index contributed by atoms with van der Waals surface area (Å²) in [6.45, 7) is -1.03. The van der Waals surface area contributed by atoms with Gasteiger partial charge in [-0.3, -0.25) is 0 Å². The predicted molar refractivity (Wildman–Crippen MR) is 47.2 cm³/mol. The van der Waals surface area contributed by atoms with Gasteiger partial charge in [0.25, 0.3) is 0 Å². The summed E-state index contributed by atoms with van der Waals surface area (Å²) in [6.07, 6.45) is -2.77. The zero-order valence-electron chi connectivity index (χ0n) is 7.75. The molecule has 0 unspecified atom stereocenters. The molecule has 8 heteroatoms. The Morgan fingerprint density at radius 3 is 2.53 bits per heavy atom. The number of aromatic amines is 1. The van der Waals surface area contributed by atoms with E-state index in [4.69, 9.17) is 5.73 Å². The van der Waals surface area contributed by atoms with E-state index in [0.717, 1.165) is 17.7 Å². The second-order valence-electron chi connectivity index (χ2n) is 3.49. The lowest BCUT2D eigenvalue weighted by molar-refractivity contribution is -0.120. The summed E-state index contributed by atoms with van der Waals surface area (Å²) >= 11 is 0. The van der Waals surface area contributed by atoms with Crippen molar-refractivity contribution in [3.05, 3.63) is 0 Å². The molecule has 1 fully saturated rings. The molecule has 5 nitrogen and oxygen atoms in total. The Morgan fingerprint density at radius 2 is 2.13 bits per heavy atom. The number of hydrogen-bond acceptors (Lipinski definition) is 4. The average molecular weight is 221 g/mol. The molecule has 1 aromatic heterocycles. The van der Waals surface area contributed by atoms with Crippen LogP contribution in [0.25, 0.3) is 0 Å². The van der Waals surface area contributed by atoms with Crippen molar-refractivity contribution in [3.8, 4) is 0 Å². The molecule has 1 heterocycles. The zero-order valence-corrected chi connectivity index (χ0v) is 7.75. The van der Waals surface area contributed by atoms with Crippen LogP contribution in [0.1, 0.15) is 12.8 Å². The van der Waals surface area contributed by atoms with Gasteiger partial charge in [-0.1, -0.05) is 0 Å². The maximum atomic E-state index is 12.2. The first-order valence-corrected chi connectivity index (χ1v) is 4.47. The van der Waals surface area contributed by atoms with Crippen molar-refractivity contribution in [2.75, 3.05) is 17.2 Å². The molecular weight excluding hydrogens is 211 g/mol. The molecule has 0 amide bonds. The maximum Gasteiger partial charge on any atom is 0.406 e. The minimum atomic E-state index is -4.25. The van der Waals surface area contributed by atoms with Gasteiger partial charge in [-0.25, -0.2) is 5.10 Å². The number of alkyl halides is 3. The largest absolute Gasteiger partial charge is 0.406 e. The second-order valence-corrected chi connectivity index (χ2v) is 3.49. The molecule has 0 saturated heterocycles. The zero-order chi connectivity index (χ0) is 11.1. The standard InChI is InChI=1S/C7H10F3N5/c8-7(9,10)3-15(4-1-2-4)6-12-5(11)13-14-6/h4H,1-3H2,(H3,11,12,13,14). The lowest BCUT2D eigenvalue weighted by atomic mass is 10.5. The summed E-state index contributed by atoms with van der Waals surface area (Å²) in [5, 5.41) is 5.95. The van der Waals surface area contributed by atoms with E-state index in [9.17, 15) is 13.2 Å². The van der Waals surface area contributed by atoms with Crippen LogP contribution in [-0.4, -0.2) is 33.9 Å². The van der Waals surface area contributed by atoms with Crippen molar-refractivity contribution in [2.45, 2.75) is 25.1 Å². The van der Waals surface area contributed by atoms with E-state index in [1.165, 1.54) is 0 Å². The fraction of sp³-hybridized carbons (Fsp3) is 0.714. The minimum Gasteiger partial charge on any atom is -0.368 e. The van der Waals surface area contributed by atoms with Gasteiger partial charge < -0.3 is 10.6 Å². The van der Waals surface area contributed by atoms with Gasteiger partial charge >= 0.3 is 6.18 Å². The molecule has 1 aromatic rings. The number of hydrogen-bond donors (Lipinski definition) is 2. The first kappa shape index (κ1) is 10.1. The molecule has 0 aromatic carbocycles. The summed E-state index contributed by atoms with van der Waals surface area (Å²) < 4.78 is 36.7. The summed E-state index contributed by atoms with van der Waals surface area (Å²) in [6, 6.07) is -0.109. The number of nitrogens with two attached hydrogens (primary N) is 1. The molecule has 84 valence electrons. The third-order valence-corrected chi connectivity index (χ3v) is 2.09. The molecule has 1 aliphatic rings. The average Bonchev–Trinajstić information content (AvgIpc) is 2.84. The van der Waals surface area contributed by atoms with Crippen LogP contribution in [0.2, 0.25) is 0 Å². The van der Waals surface area contributed by atoms with Crippen LogP contribution in [0.5, 0.6) is 0 Å². The van der Waals surface area contributed by atoms with Gasteiger partial charge in [0, 0.05) is 6.04 Å². The van der Waals surface area contributed by atoms with E-state index >= 15 is 0 Å². The summed E-state index contributed by atoms with van der Waals surface area (Å²) in [5.41, 5.74) is 5.26. The highest BCUT2D eigenvalue weighted by Gasteiger charge is 2.39. The number of halogens is 3. The van der Waals surface area contributed by atoms with Gasteiger partial charge in [-0.2, -0.15) is 18.2 Å². The van der Waals surface area contributed by atoms with Crippen molar-refractivity contribution >= 4 is 11.9 Å². The van der Waals surface area contributed by atoms with Crippen molar-refractivity contribution in [1.82, 2.24) is 15.2 Å².